The Balaban J connectivity index is 1.32. The van der Waals surface area contributed by atoms with Crippen molar-refractivity contribution in [2.45, 2.75) is 13.5 Å². The number of esters is 1. The van der Waals surface area contributed by atoms with E-state index >= 15 is 0 Å². The van der Waals surface area contributed by atoms with Crippen molar-refractivity contribution in [2.75, 3.05) is 43.5 Å². The van der Waals surface area contributed by atoms with Crippen LogP contribution in [0.5, 0.6) is 0 Å². The van der Waals surface area contributed by atoms with Crippen LogP contribution in [0.4, 0.5) is 16.2 Å². The summed E-state index contributed by atoms with van der Waals surface area (Å²) in [7, 11) is 0. The second-order valence-electron chi connectivity index (χ2n) is 9.01. The van der Waals surface area contributed by atoms with Crippen LogP contribution in [-0.4, -0.2) is 54.8 Å². The Morgan fingerprint density at radius 2 is 1.76 bits per heavy atom. The zero-order valence-electron chi connectivity index (χ0n) is 21.3. The number of ether oxygens (including phenoxy) is 2. The van der Waals surface area contributed by atoms with Crippen LogP contribution in [0.3, 0.4) is 0 Å². The minimum absolute atomic E-state index is 0.286. The first-order valence-electron chi connectivity index (χ1n) is 12.7. The highest BCUT2D eigenvalue weighted by Crippen LogP contribution is 2.33. The minimum atomic E-state index is -0.429. The van der Waals surface area contributed by atoms with Crippen molar-refractivity contribution in [3.05, 3.63) is 90.3 Å². The van der Waals surface area contributed by atoms with Gasteiger partial charge in [-0.3, -0.25) is 9.88 Å². The van der Waals surface area contributed by atoms with Gasteiger partial charge in [-0.25, -0.2) is 9.59 Å². The molecular formula is C30H30N4O4. The van der Waals surface area contributed by atoms with Crippen molar-refractivity contribution in [1.29, 1.82) is 0 Å². The molecule has 8 heteroatoms. The molecule has 194 valence electrons. The molecule has 5 rings (SSSR count). The molecule has 2 heterocycles. The second kappa shape index (κ2) is 11.9. The SMILES string of the molecule is CCOC(=O)c1cccc(NC(=O)Nc2ccc(-c3ccc(CN4CCOCC4)nc3)c3ccccc23)c1. The molecule has 0 bridgehead atoms. The summed E-state index contributed by atoms with van der Waals surface area (Å²) < 4.78 is 10.5. The summed E-state index contributed by atoms with van der Waals surface area (Å²) in [4.78, 5) is 31.9. The van der Waals surface area contributed by atoms with Gasteiger partial charge in [0.2, 0.25) is 0 Å². The van der Waals surface area contributed by atoms with Crippen molar-refractivity contribution in [3.8, 4) is 11.1 Å². The van der Waals surface area contributed by atoms with Crippen molar-refractivity contribution in [2.24, 2.45) is 0 Å². The van der Waals surface area contributed by atoms with Crippen molar-refractivity contribution in [3.63, 3.8) is 0 Å². The van der Waals surface area contributed by atoms with Crippen LogP contribution < -0.4 is 10.6 Å². The fraction of sp³-hybridized carbons (Fsp3) is 0.233. The van der Waals surface area contributed by atoms with Gasteiger partial charge in [0.25, 0.3) is 0 Å². The van der Waals surface area contributed by atoms with Crippen LogP contribution in [0.25, 0.3) is 21.9 Å². The zero-order chi connectivity index (χ0) is 26.3. The average Bonchev–Trinajstić information content (AvgIpc) is 2.95. The lowest BCUT2D eigenvalue weighted by atomic mass is 9.98. The van der Waals surface area contributed by atoms with Gasteiger partial charge < -0.3 is 20.1 Å². The summed E-state index contributed by atoms with van der Waals surface area (Å²) in [5.74, 6) is -0.429. The number of urea groups is 1. The van der Waals surface area contributed by atoms with Gasteiger partial charge in [0, 0.05) is 42.5 Å². The number of pyridine rings is 1. The number of nitrogens with one attached hydrogen (secondary N) is 2. The first kappa shape index (κ1) is 25.4. The molecule has 0 aliphatic carbocycles. The molecule has 3 aromatic carbocycles. The maximum absolute atomic E-state index is 12.8. The van der Waals surface area contributed by atoms with E-state index in [9.17, 15) is 9.59 Å². The van der Waals surface area contributed by atoms with Crippen molar-refractivity contribution in [1.82, 2.24) is 9.88 Å². The number of amides is 2. The molecule has 8 nitrogen and oxygen atoms in total. The number of carbonyl (C=O) groups is 2. The topological polar surface area (TPSA) is 92.8 Å². The number of hydrogen-bond donors (Lipinski definition) is 2. The van der Waals surface area contributed by atoms with E-state index in [0.29, 0.717) is 16.9 Å². The quantitative estimate of drug-likeness (QED) is 0.317. The number of anilines is 2. The van der Waals surface area contributed by atoms with Crippen molar-refractivity contribution >= 4 is 34.1 Å². The van der Waals surface area contributed by atoms with E-state index in [1.165, 1.54) is 0 Å². The van der Waals surface area contributed by atoms with Gasteiger partial charge in [-0.15, -0.1) is 0 Å². The number of rotatable bonds is 7. The molecule has 1 fully saturated rings. The number of benzene rings is 3. The Morgan fingerprint density at radius 1 is 0.947 bits per heavy atom. The normalized spacial score (nSPS) is 13.7. The van der Waals surface area contributed by atoms with Crippen molar-refractivity contribution < 1.29 is 19.1 Å². The number of hydrogen-bond acceptors (Lipinski definition) is 6. The number of fused-ring (bicyclic) bond motifs is 1. The number of aromatic nitrogens is 1. The molecule has 0 spiro atoms. The molecular weight excluding hydrogens is 480 g/mol. The van der Waals surface area contributed by atoms with Gasteiger partial charge in [-0.2, -0.15) is 0 Å². The molecule has 1 saturated heterocycles. The molecule has 0 radical (unpaired) electrons. The smallest absolute Gasteiger partial charge is 0.338 e. The second-order valence-corrected chi connectivity index (χ2v) is 9.01. The van der Waals surface area contributed by atoms with E-state index < -0.39 is 12.0 Å². The Bertz CT molecular complexity index is 1430. The fourth-order valence-electron chi connectivity index (χ4n) is 4.55. The van der Waals surface area contributed by atoms with Crippen LogP contribution in [0.15, 0.2) is 79.0 Å². The molecule has 0 atom stereocenters. The summed E-state index contributed by atoms with van der Waals surface area (Å²) in [6.45, 7) is 6.23. The lowest BCUT2D eigenvalue weighted by molar-refractivity contribution is 0.0336. The Morgan fingerprint density at radius 3 is 2.53 bits per heavy atom. The van der Waals surface area contributed by atoms with Crippen LogP contribution in [0.2, 0.25) is 0 Å². The van der Waals surface area contributed by atoms with Crippen LogP contribution in [-0.2, 0) is 16.0 Å². The Labute approximate surface area is 221 Å². The van der Waals surface area contributed by atoms with E-state index in [2.05, 4.69) is 27.7 Å². The third-order valence-corrected chi connectivity index (χ3v) is 6.43. The van der Waals surface area contributed by atoms with Gasteiger partial charge >= 0.3 is 12.0 Å². The van der Waals surface area contributed by atoms with E-state index in [0.717, 1.165) is 60.4 Å². The maximum Gasteiger partial charge on any atom is 0.338 e. The first-order valence-corrected chi connectivity index (χ1v) is 12.7. The molecule has 1 aliphatic rings. The zero-order valence-corrected chi connectivity index (χ0v) is 21.3. The van der Waals surface area contributed by atoms with E-state index in [1.54, 1.807) is 31.2 Å². The minimum Gasteiger partial charge on any atom is -0.462 e. The lowest BCUT2D eigenvalue weighted by Gasteiger charge is -2.26. The Kier molecular flexibility index (Phi) is 7.92. The molecule has 1 aromatic heterocycles. The summed E-state index contributed by atoms with van der Waals surface area (Å²) in [6.07, 6.45) is 1.91. The predicted molar refractivity (Wildman–Crippen MR) is 148 cm³/mol. The highest BCUT2D eigenvalue weighted by Gasteiger charge is 2.14. The van der Waals surface area contributed by atoms with Gasteiger partial charge in [-0.05, 0) is 48.2 Å². The third kappa shape index (κ3) is 5.99. The maximum atomic E-state index is 12.8. The van der Waals surface area contributed by atoms with Gasteiger partial charge in [0.05, 0.1) is 36.8 Å². The summed E-state index contributed by atoms with van der Waals surface area (Å²) >= 11 is 0. The van der Waals surface area contributed by atoms with Crippen LogP contribution in [0, 0.1) is 0 Å². The summed E-state index contributed by atoms with van der Waals surface area (Å²) in [5, 5.41) is 7.67. The largest absolute Gasteiger partial charge is 0.462 e. The van der Waals surface area contributed by atoms with E-state index in [4.69, 9.17) is 14.5 Å². The lowest BCUT2D eigenvalue weighted by Crippen LogP contribution is -2.35. The van der Waals surface area contributed by atoms with Gasteiger partial charge in [0.1, 0.15) is 0 Å². The predicted octanol–water partition coefficient (Wildman–Crippen LogP) is 5.55. The van der Waals surface area contributed by atoms with E-state index in [1.807, 2.05) is 42.6 Å². The standard InChI is InChI=1S/C30H30N4O4/c1-2-38-29(35)21-6-5-7-23(18-21)32-30(36)33-28-13-12-25(26-8-3-4-9-27(26)28)22-10-11-24(31-19-22)20-34-14-16-37-17-15-34/h3-13,18-19H,2,14-17,20H2,1H3,(H2,32,33,36). The fourth-order valence-corrected chi connectivity index (χ4v) is 4.55. The monoisotopic (exact) mass is 510 g/mol. The van der Waals surface area contributed by atoms with Crippen LogP contribution in [0.1, 0.15) is 23.0 Å². The molecule has 2 amide bonds. The van der Waals surface area contributed by atoms with Gasteiger partial charge in [-0.1, -0.05) is 42.5 Å². The average molecular weight is 511 g/mol. The van der Waals surface area contributed by atoms with Crippen LogP contribution >= 0.6 is 0 Å². The number of nitrogens with zero attached hydrogens (tertiary/aromatic N) is 2. The number of carbonyl (C=O) groups excluding carboxylic acids is 2. The molecule has 0 saturated carbocycles. The highest BCUT2D eigenvalue weighted by molar-refractivity contribution is 6.09. The third-order valence-electron chi connectivity index (χ3n) is 6.43. The summed E-state index contributed by atoms with van der Waals surface area (Å²) in [6, 6.07) is 22.3. The van der Waals surface area contributed by atoms with E-state index in [-0.39, 0.29) is 6.61 Å². The van der Waals surface area contributed by atoms with Gasteiger partial charge in [0.15, 0.2) is 0 Å². The Hall–Kier alpha value is -4.27. The molecule has 4 aromatic rings. The highest BCUT2D eigenvalue weighted by atomic mass is 16.5. The molecule has 1 aliphatic heterocycles. The molecule has 0 unspecified atom stereocenters. The summed E-state index contributed by atoms with van der Waals surface area (Å²) in [5.41, 5.74) is 4.64. The molecule has 2 N–H and O–H groups in total. The number of morpholine rings is 1. The molecule has 38 heavy (non-hydrogen) atoms. The first-order chi connectivity index (χ1) is 18.6.